The Morgan fingerprint density at radius 1 is 0.769 bits per heavy atom. The van der Waals surface area contributed by atoms with E-state index >= 15 is 0 Å². The summed E-state index contributed by atoms with van der Waals surface area (Å²) in [7, 11) is 0. The van der Waals surface area contributed by atoms with Crippen LogP contribution in [0.4, 0.5) is 0 Å². The molecule has 0 spiro atoms. The van der Waals surface area contributed by atoms with Crippen LogP contribution in [-0.2, 0) is 30.9 Å². The zero-order valence-electron chi connectivity index (χ0n) is 32.7. The molecule has 0 aliphatic heterocycles. The van der Waals surface area contributed by atoms with Gasteiger partial charge in [0.25, 0.3) is 0 Å². The maximum absolute atomic E-state index is 5.35. The molecule has 0 saturated carbocycles. The molecule has 5 aromatic carbocycles. The van der Waals surface area contributed by atoms with E-state index in [1.165, 1.54) is 44.2 Å². The van der Waals surface area contributed by atoms with Crippen molar-refractivity contribution in [3.05, 3.63) is 142 Å². The van der Waals surface area contributed by atoms with Crippen LogP contribution in [0.15, 0.2) is 108 Å². The van der Waals surface area contributed by atoms with Gasteiger partial charge in [-0.25, -0.2) is 0 Å². The Bertz CT molecular complexity index is 2220. The number of nitrogens with zero attached hydrogens (tertiary/aromatic N) is 3. The van der Waals surface area contributed by atoms with Crippen molar-refractivity contribution in [3.63, 3.8) is 0 Å². The second kappa shape index (κ2) is 15.5. The first-order valence-electron chi connectivity index (χ1n) is 18.5. The van der Waals surface area contributed by atoms with Gasteiger partial charge in [0.2, 0.25) is 0 Å². The Morgan fingerprint density at radius 2 is 1.40 bits per heavy atom. The third-order valence-electron chi connectivity index (χ3n) is 9.80. The second-order valence-corrected chi connectivity index (χ2v) is 16.3. The first kappa shape index (κ1) is 39.1. The molecule has 1 heterocycles. The van der Waals surface area contributed by atoms with Crippen LogP contribution in [0.2, 0.25) is 0 Å². The Hall–Kier alpha value is -4.11. The number of rotatable bonds is 5. The summed E-state index contributed by atoms with van der Waals surface area (Å²) < 4.78 is 0. The van der Waals surface area contributed by atoms with Crippen molar-refractivity contribution in [1.82, 2.24) is 4.98 Å². The first-order chi connectivity index (χ1) is 24.2. The van der Waals surface area contributed by atoms with Gasteiger partial charge in [-0.15, -0.1) is 29.1 Å². The third-order valence-corrected chi connectivity index (χ3v) is 9.80. The molecule has 0 atom stereocenters. The van der Waals surface area contributed by atoms with Crippen LogP contribution < -0.4 is 0 Å². The molecular formula is C48H53IrN3-2. The van der Waals surface area contributed by atoms with Crippen LogP contribution in [0.1, 0.15) is 110 Å². The van der Waals surface area contributed by atoms with Gasteiger partial charge in [0.1, 0.15) is 0 Å². The van der Waals surface area contributed by atoms with Crippen LogP contribution in [0.5, 0.6) is 0 Å². The fraction of sp³-hybridized carbons (Fsp3) is 0.333. The quantitative estimate of drug-likeness (QED) is 0.0967. The fourth-order valence-electron chi connectivity index (χ4n) is 7.36. The SMILES string of the molecule is CC(C)N=C([N-]C(C)C)c1ccccc1.CC(C)c1ccc2c(c1)-c1c(-c3[c-]c4ccccc4c(C(C)(C)C)c3)nc3ccccc3c1C2(C)C.[Ir]. The molecule has 0 saturated heterocycles. The number of benzene rings is 5. The van der Waals surface area contributed by atoms with E-state index < -0.39 is 0 Å². The van der Waals surface area contributed by atoms with E-state index in [-0.39, 0.29) is 43.0 Å². The predicted octanol–water partition coefficient (Wildman–Crippen LogP) is 13.2. The van der Waals surface area contributed by atoms with Gasteiger partial charge >= 0.3 is 0 Å². The van der Waals surface area contributed by atoms with Gasteiger partial charge in [-0.1, -0.05) is 178 Å². The van der Waals surface area contributed by atoms with Crippen LogP contribution in [0, 0.1) is 6.07 Å². The minimum Gasteiger partial charge on any atom is -0.462 e. The van der Waals surface area contributed by atoms with E-state index in [1.807, 2.05) is 30.3 Å². The molecule has 3 nitrogen and oxygen atoms in total. The number of aromatic nitrogens is 1. The van der Waals surface area contributed by atoms with Crippen molar-refractivity contribution in [3.8, 4) is 22.4 Å². The van der Waals surface area contributed by atoms with Crippen molar-refractivity contribution in [2.45, 2.75) is 105 Å². The Kier molecular flexibility index (Phi) is 11.6. The van der Waals surface area contributed by atoms with E-state index in [4.69, 9.17) is 4.98 Å². The van der Waals surface area contributed by atoms with Crippen LogP contribution in [0.3, 0.4) is 0 Å². The molecular weight excluding hydrogens is 811 g/mol. The maximum atomic E-state index is 5.35. The van der Waals surface area contributed by atoms with Gasteiger partial charge in [-0.2, -0.15) is 0 Å². The molecule has 0 fully saturated rings. The molecule has 1 aromatic heterocycles. The van der Waals surface area contributed by atoms with Gasteiger partial charge in [0, 0.05) is 36.6 Å². The largest absolute Gasteiger partial charge is 0.462 e. The summed E-state index contributed by atoms with van der Waals surface area (Å²) in [5.74, 6) is 1.33. The molecule has 0 unspecified atom stereocenters. The number of amidine groups is 1. The summed E-state index contributed by atoms with van der Waals surface area (Å²) in [6, 6.07) is 41.2. The summed E-state index contributed by atoms with van der Waals surface area (Å²) in [6.07, 6.45) is 0. The average molecular weight is 864 g/mol. The molecule has 6 aromatic rings. The van der Waals surface area contributed by atoms with E-state index in [0.717, 1.165) is 33.6 Å². The van der Waals surface area contributed by atoms with Crippen LogP contribution in [-0.4, -0.2) is 22.9 Å². The molecule has 0 amide bonds. The predicted molar refractivity (Wildman–Crippen MR) is 220 cm³/mol. The molecule has 1 radical (unpaired) electrons. The Balaban J connectivity index is 0.000000277. The molecule has 52 heavy (non-hydrogen) atoms. The Morgan fingerprint density at radius 3 is 2.04 bits per heavy atom. The summed E-state index contributed by atoms with van der Waals surface area (Å²) in [6.45, 7) is 24.4. The molecule has 0 N–H and O–H groups in total. The zero-order chi connectivity index (χ0) is 36.7. The standard InChI is InChI=1S/C35H34N.C13H19N2.Ir/c1-21(2)22-16-17-28-27(19-22)31-32(35(28,6)7)26-14-10-11-15-30(26)36-33(31)24-18-23-12-8-9-13-25(23)29(20-24)34(3,4)5;1-10(2)14-13(15-11(3)4)12-8-6-5-7-9-12;/h8-17,19-21H,1-7H3;5-11H,1-4H3;/q2*-1;. The minimum absolute atomic E-state index is 0. The van der Waals surface area contributed by atoms with E-state index in [0.29, 0.717) is 5.92 Å². The summed E-state index contributed by atoms with van der Waals surface area (Å²) in [5.41, 5.74) is 12.3. The van der Waals surface area contributed by atoms with Crippen molar-refractivity contribution in [2.24, 2.45) is 4.99 Å². The average Bonchev–Trinajstić information content (AvgIpc) is 3.33. The van der Waals surface area contributed by atoms with Crippen molar-refractivity contribution in [1.29, 1.82) is 0 Å². The molecule has 1 aliphatic carbocycles. The number of hydrogen-bond donors (Lipinski definition) is 0. The molecule has 0 bridgehead atoms. The number of fused-ring (bicyclic) bond motifs is 6. The molecule has 271 valence electrons. The summed E-state index contributed by atoms with van der Waals surface area (Å²) in [5, 5.41) is 8.21. The minimum atomic E-state index is -0.110. The number of aliphatic imine (C=N–C) groups is 1. The normalized spacial score (nSPS) is 13.5. The molecule has 7 rings (SSSR count). The smallest absolute Gasteiger partial charge is 0.0621 e. The third kappa shape index (κ3) is 7.80. The van der Waals surface area contributed by atoms with Crippen LogP contribution in [0.25, 0.3) is 49.4 Å². The Labute approximate surface area is 325 Å². The monoisotopic (exact) mass is 864 g/mol. The number of hydrogen-bond acceptors (Lipinski definition) is 2. The number of pyridine rings is 1. The fourth-order valence-corrected chi connectivity index (χ4v) is 7.36. The van der Waals surface area contributed by atoms with Gasteiger partial charge < -0.3 is 10.3 Å². The number of para-hydroxylation sites is 1. The first-order valence-corrected chi connectivity index (χ1v) is 18.5. The second-order valence-electron chi connectivity index (χ2n) is 16.3. The summed E-state index contributed by atoms with van der Waals surface area (Å²) >= 11 is 0. The van der Waals surface area contributed by atoms with Crippen molar-refractivity contribution in [2.75, 3.05) is 0 Å². The molecule has 4 heteroatoms. The van der Waals surface area contributed by atoms with Gasteiger partial charge in [-0.05, 0) is 62.9 Å². The van der Waals surface area contributed by atoms with Crippen molar-refractivity contribution >= 4 is 27.5 Å². The zero-order valence-corrected chi connectivity index (χ0v) is 35.1. The van der Waals surface area contributed by atoms with Gasteiger partial charge in [-0.3, -0.25) is 4.98 Å². The van der Waals surface area contributed by atoms with Crippen molar-refractivity contribution < 1.29 is 20.1 Å². The van der Waals surface area contributed by atoms with E-state index in [9.17, 15) is 0 Å². The molecule has 1 aliphatic rings. The van der Waals surface area contributed by atoms with Gasteiger partial charge in [0.15, 0.2) is 0 Å². The van der Waals surface area contributed by atoms with E-state index in [2.05, 4.69) is 165 Å². The van der Waals surface area contributed by atoms with Crippen LogP contribution >= 0.6 is 0 Å². The maximum Gasteiger partial charge on any atom is 0.0621 e. The topological polar surface area (TPSA) is 39.4 Å². The van der Waals surface area contributed by atoms with E-state index in [1.54, 1.807) is 0 Å². The summed E-state index contributed by atoms with van der Waals surface area (Å²) in [4.78, 5) is 9.89. The van der Waals surface area contributed by atoms with Gasteiger partial charge in [0.05, 0.1) is 5.52 Å².